The maximum atomic E-state index is 11.7. The first-order valence-electron chi connectivity index (χ1n) is 5.36. The Labute approximate surface area is 84.4 Å². The summed E-state index contributed by atoms with van der Waals surface area (Å²) in [6.45, 7) is 0.247. The Hall–Kier alpha value is -0.570. The second-order valence-electron chi connectivity index (χ2n) is 4.92. The Kier molecular flexibility index (Phi) is 2.30. The first-order chi connectivity index (χ1) is 6.66. The number of esters is 1. The Morgan fingerprint density at radius 1 is 1.36 bits per heavy atom. The van der Waals surface area contributed by atoms with E-state index in [0.29, 0.717) is 0 Å². The molecule has 0 spiro atoms. The molecule has 0 heterocycles. The third-order valence-electron chi connectivity index (χ3n) is 4.24. The summed E-state index contributed by atoms with van der Waals surface area (Å²) in [5, 5.41) is 9.01. The summed E-state index contributed by atoms with van der Waals surface area (Å²) in [5.41, 5.74) is 0.0624. The van der Waals surface area contributed by atoms with Crippen LogP contribution in [0, 0.1) is 10.8 Å². The average molecular weight is 198 g/mol. The molecule has 2 rings (SSSR count). The Bertz CT molecular complexity index is 239. The summed E-state index contributed by atoms with van der Waals surface area (Å²) in [7, 11) is 1.47. The molecule has 2 aliphatic carbocycles. The van der Waals surface area contributed by atoms with Gasteiger partial charge in [0.05, 0.1) is 12.5 Å². The van der Waals surface area contributed by atoms with Crippen LogP contribution >= 0.6 is 0 Å². The Morgan fingerprint density at radius 3 is 2.50 bits per heavy atom. The molecule has 2 aliphatic rings. The van der Waals surface area contributed by atoms with Gasteiger partial charge >= 0.3 is 5.97 Å². The van der Waals surface area contributed by atoms with Gasteiger partial charge in [0.2, 0.25) is 0 Å². The molecule has 3 heteroatoms. The fourth-order valence-corrected chi connectivity index (χ4v) is 3.40. The predicted octanol–water partition coefficient (Wildman–Crippen LogP) is 1.49. The molecular formula is C11H18O3. The van der Waals surface area contributed by atoms with Crippen LogP contribution in [0.1, 0.15) is 38.5 Å². The lowest BCUT2D eigenvalue weighted by atomic mass is 9.80. The molecule has 0 atom stereocenters. The fourth-order valence-electron chi connectivity index (χ4n) is 3.40. The monoisotopic (exact) mass is 198 g/mol. The molecule has 2 fully saturated rings. The molecule has 0 aromatic carbocycles. The zero-order chi connectivity index (χ0) is 10.2. The minimum Gasteiger partial charge on any atom is -0.469 e. The predicted molar refractivity (Wildman–Crippen MR) is 51.7 cm³/mol. The number of fused-ring (bicyclic) bond motifs is 2. The van der Waals surface area contributed by atoms with E-state index in [-0.39, 0.29) is 23.4 Å². The topological polar surface area (TPSA) is 46.5 Å². The van der Waals surface area contributed by atoms with Gasteiger partial charge in [-0.3, -0.25) is 4.79 Å². The minimum absolute atomic E-state index is 0.0326. The van der Waals surface area contributed by atoms with Crippen LogP contribution in [-0.2, 0) is 9.53 Å². The molecule has 0 aliphatic heterocycles. The van der Waals surface area contributed by atoms with Crippen LogP contribution < -0.4 is 0 Å². The number of ether oxygens (including phenoxy) is 1. The molecule has 2 bridgehead atoms. The summed E-state index contributed by atoms with van der Waals surface area (Å²) in [6.07, 6.45) is 5.88. The van der Waals surface area contributed by atoms with E-state index in [1.54, 1.807) is 0 Å². The van der Waals surface area contributed by atoms with E-state index in [2.05, 4.69) is 0 Å². The quantitative estimate of drug-likeness (QED) is 0.699. The van der Waals surface area contributed by atoms with Crippen LogP contribution in [0.4, 0.5) is 0 Å². The molecule has 3 nitrogen and oxygen atoms in total. The van der Waals surface area contributed by atoms with Crippen molar-refractivity contribution in [3.05, 3.63) is 0 Å². The van der Waals surface area contributed by atoms with E-state index in [1.165, 1.54) is 7.11 Å². The molecule has 0 aromatic rings. The molecular weight excluding hydrogens is 180 g/mol. The van der Waals surface area contributed by atoms with Crippen LogP contribution in [0.5, 0.6) is 0 Å². The van der Waals surface area contributed by atoms with Crippen molar-refractivity contribution in [2.24, 2.45) is 10.8 Å². The standard InChI is InChI=1S/C11H18O3/c1-14-9(13)11-4-2-10(8-11,3-5-11)6-7-12/h12H,2-8H2,1H3. The van der Waals surface area contributed by atoms with Crippen molar-refractivity contribution in [2.75, 3.05) is 13.7 Å². The second-order valence-corrected chi connectivity index (χ2v) is 4.92. The van der Waals surface area contributed by atoms with Gasteiger partial charge in [-0.25, -0.2) is 0 Å². The second kappa shape index (κ2) is 3.23. The number of carbonyl (C=O) groups is 1. The lowest BCUT2D eigenvalue weighted by Crippen LogP contribution is -2.27. The van der Waals surface area contributed by atoms with E-state index >= 15 is 0 Å². The van der Waals surface area contributed by atoms with Gasteiger partial charge in [-0.15, -0.1) is 0 Å². The van der Waals surface area contributed by atoms with E-state index in [1.807, 2.05) is 0 Å². The lowest BCUT2D eigenvalue weighted by molar-refractivity contribution is -0.152. The van der Waals surface area contributed by atoms with Crippen LogP contribution in [0.3, 0.4) is 0 Å². The maximum Gasteiger partial charge on any atom is 0.311 e. The molecule has 0 saturated heterocycles. The summed E-state index contributed by atoms with van der Waals surface area (Å²) in [5.74, 6) is -0.0326. The molecule has 0 unspecified atom stereocenters. The van der Waals surface area contributed by atoms with E-state index in [0.717, 1.165) is 38.5 Å². The SMILES string of the molecule is COC(=O)C12CCC(CCO)(CC1)C2. The number of aliphatic hydroxyl groups is 1. The minimum atomic E-state index is -0.191. The van der Waals surface area contributed by atoms with Crippen LogP contribution in [0.25, 0.3) is 0 Å². The number of rotatable bonds is 3. The average Bonchev–Trinajstić information content (AvgIpc) is 2.74. The highest BCUT2D eigenvalue weighted by atomic mass is 16.5. The van der Waals surface area contributed by atoms with Gasteiger partial charge < -0.3 is 9.84 Å². The third-order valence-corrected chi connectivity index (χ3v) is 4.24. The first-order valence-corrected chi connectivity index (χ1v) is 5.36. The number of methoxy groups -OCH3 is 1. The molecule has 14 heavy (non-hydrogen) atoms. The Morgan fingerprint density at radius 2 is 2.00 bits per heavy atom. The normalized spacial score (nSPS) is 40.1. The van der Waals surface area contributed by atoms with E-state index in [4.69, 9.17) is 9.84 Å². The number of hydrogen-bond acceptors (Lipinski definition) is 3. The summed E-state index contributed by atoms with van der Waals surface area (Å²) >= 11 is 0. The number of carbonyl (C=O) groups excluding carboxylic acids is 1. The van der Waals surface area contributed by atoms with Gasteiger partial charge in [0, 0.05) is 6.61 Å². The van der Waals surface area contributed by atoms with Crippen LogP contribution in [-0.4, -0.2) is 24.8 Å². The summed E-state index contributed by atoms with van der Waals surface area (Å²) in [6, 6.07) is 0. The van der Waals surface area contributed by atoms with Crippen molar-refractivity contribution >= 4 is 5.97 Å². The summed E-state index contributed by atoms with van der Waals surface area (Å²) < 4.78 is 4.88. The summed E-state index contributed by atoms with van der Waals surface area (Å²) in [4.78, 5) is 11.7. The van der Waals surface area contributed by atoms with Gasteiger partial charge in [0.15, 0.2) is 0 Å². The van der Waals surface area contributed by atoms with Crippen molar-refractivity contribution in [2.45, 2.75) is 38.5 Å². The van der Waals surface area contributed by atoms with Crippen LogP contribution in [0.15, 0.2) is 0 Å². The molecule has 0 aromatic heterocycles. The van der Waals surface area contributed by atoms with Gasteiger partial charge in [-0.1, -0.05) is 0 Å². The smallest absolute Gasteiger partial charge is 0.311 e. The first kappa shape index (κ1) is 9.97. The molecule has 0 radical (unpaired) electrons. The van der Waals surface area contributed by atoms with E-state index in [9.17, 15) is 4.79 Å². The highest BCUT2D eigenvalue weighted by molar-refractivity contribution is 5.77. The Balaban J connectivity index is 2.12. The van der Waals surface area contributed by atoms with Crippen molar-refractivity contribution < 1.29 is 14.6 Å². The zero-order valence-electron chi connectivity index (χ0n) is 8.71. The maximum absolute atomic E-state index is 11.7. The molecule has 2 saturated carbocycles. The molecule has 80 valence electrons. The van der Waals surface area contributed by atoms with Crippen LogP contribution in [0.2, 0.25) is 0 Å². The third kappa shape index (κ3) is 1.26. The lowest BCUT2D eigenvalue weighted by Gasteiger charge is -2.25. The van der Waals surface area contributed by atoms with Gasteiger partial charge in [-0.05, 0) is 43.9 Å². The molecule has 1 N–H and O–H groups in total. The highest BCUT2D eigenvalue weighted by Gasteiger charge is 2.58. The number of aliphatic hydroxyl groups excluding tert-OH is 1. The number of hydrogen-bond donors (Lipinski definition) is 1. The van der Waals surface area contributed by atoms with Gasteiger partial charge in [0.1, 0.15) is 0 Å². The van der Waals surface area contributed by atoms with Gasteiger partial charge in [0.25, 0.3) is 0 Å². The van der Waals surface area contributed by atoms with Gasteiger partial charge in [-0.2, -0.15) is 0 Å². The zero-order valence-corrected chi connectivity index (χ0v) is 8.71. The van der Waals surface area contributed by atoms with Crippen molar-refractivity contribution in [1.82, 2.24) is 0 Å². The largest absolute Gasteiger partial charge is 0.469 e. The molecule has 0 amide bonds. The van der Waals surface area contributed by atoms with Crippen molar-refractivity contribution in [3.8, 4) is 0 Å². The highest BCUT2D eigenvalue weighted by Crippen LogP contribution is 2.63. The van der Waals surface area contributed by atoms with Crippen molar-refractivity contribution in [3.63, 3.8) is 0 Å². The van der Waals surface area contributed by atoms with Crippen molar-refractivity contribution in [1.29, 1.82) is 0 Å². The fraction of sp³-hybridized carbons (Fsp3) is 0.909. The van der Waals surface area contributed by atoms with E-state index < -0.39 is 0 Å².